The fraction of sp³-hybridized carbons (Fsp3) is 0. The van der Waals surface area contributed by atoms with E-state index in [-0.39, 0.29) is 0 Å². The number of hydrogen-bond donors (Lipinski definition) is 0. The molecule has 0 spiro atoms. The number of hydrogen-bond acceptors (Lipinski definition) is 3. The highest BCUT2D eigenvalue weighted by Crippen LogP contribution is 2.50. The predicted octanol–water partition coefficient (Wildman–Crippen LogP) is 16.1. The van der Waals surface area contributed by atoms with Gasteiger partial charge >= 0.3 is 0 Å². The van der Waals surface area contributed by atoms with E-state index in [4.69, 9.17) is 4.42 Å². The van der Waals surface area contributed by atoms with E-state index in [2.05, 4.69) is 205 Å². The van der Waals surface area contributed by atoms with Crippen LogP contribution in [-0.2, 0) is 0 Å². The molecular weight excluding hydrogens is 711 g/mol. The van der Waals surface area contributed by atoms with Gasteiger partial charge in [0.2, 0.25) is 0 Å². The van der Waals surface area contributed by atoms with E-state index in [0.29, 0.717) is 0 Å². The zero-order chi connectivity index (χ0) is 37.7. The number of anilines is 3. The van der Waals surface area contributed by atoms with Crippen LogP contribution in [0.4, 0.5) is 17.1 Å². The van der Waals surface area contributed by atoms with Crippen molar-refractivity contribution in [1.82, 2.24) is 0 Å². The van der Waals surface area contributed by atoms with Crippen LogP contribution in [0.1, 0.15) is 0 Å². The van der Waals surface area contributed by atoms with Gasteiger partial charge in [0.05, 0.1) is 11.4 Å². The van der Waals surface area contributed by atoms with Gasteiger partial charge in [-0.15, -0.1) is 11.3 Å². The topological polar surface area (TPSA) is 16.4 Å². The summed E-state index contributed by atoms with van der Waals surface area (Å²) in [6, 6.07) is 76.6. The van der Waals surface area contributed by atoms with Gasteiger partial charge in [-0.25, -0.2) is 0 Å². The minimum absolute atomic E-state index is 0.874. The maximum Gasteiger partial charge on any atom is 0.135 e. The average molecular weight is 746 g/mol. The van der Waals surface area contributed by atoms with Crippen molar-refractivity contribution in [2.45, 2.75) is 0 Å². The second-order valence-electron chi connectivity index (χ2n) is 14.4. The first kappa shape index (κ1) is 33.2. The highest BCUT2D eigenvalue weighted by molar-refractivity contribution is 7.25. The number of fused-ring (bicyclic) bond motifs is 6. The summed E-state index contributed by atoms with van der Waals surface area (Å²) < 4.78 is 8.94. The van der Waals surface area contributed by atoms with Crippen molar-refractivity contribution in [2.24, 2.45) is 0 Å². The Balaban J connectivity index is 1.21. The van der Waals surface area contributed by atoms with Gasteiger partial charge in [0.15, 0.2) is 0 Å². The number of nitrogens with zero attached hydrogens (tertiary/aromatic N) is 1. The van der Waals surface area contributed by atoms with Crippen molar-refractivity contribution in [3.8, 4) is 44.5 Å². The van der Waals surface area contributed by atoms with Gasteiger partial charge in [-0.05, 0) is 88.0 Å². The molecule has 0 aliphatic rings. The monoisotopic (exact) mass is 745 g/mol. The molecule has 0 aliphatic heterocycles. The standard InChI is InChI=1S/C54H35NOS/c1-3-14-36(15-4-1)37-26-28-39(29-27-37)43-21-13-23-49(54(43)40-30-33-53-47(34-40)45-20-9-12-25-52(45)57-53)55(48-22-10-7-18-42(48)38-16-5-2-6-17-38)41-31-32-51-46(35-41)44-19-8-11-24-50(44)56-51/h1-35H. The van der Waals surface area contributed by atoms with Gasteiger partial charge in [-0.3, -0.25) is 0 Å². The summed E-state index contributed by atoms with van der Waals surface area (Å²) in [5.74, 6) is 0. The first-order valence-electron chi connectivity index (χ1n) is 19.3. The molecule has 11 rings (SSSR count). The molecule has 0 saturated heterocycles. The molecule has 0 atom stereocenters. The van der Waals surface area contributed by atoms with Crippen LogP contribution in [-0.4, -0.2) is 0 Å². The molecule has 0 radical (unpaired) electrons. The Morgan fingerprint density at radius 1 is 0.333 bits per heavy atom. The Labute approximate surface area is 335 Å². The lowest BCUT2D eigenvalue weighted by molar-refractivity contribution is 0.669. The molecule has 0 fully saturated rings. The molecule has 2 aromatic heterocycles. The molecule has 2 nitrogen and oxygen atoms in total. The maximum absolute atomic E-state index is 6.35. The van der Waals surface area contributed by atoms with Gasteiger partial charge in [0.1, 0.15) is 11.2 Å². The Kier molecular flexibility index (Phi) is 8.04. The van der Waals surface area contributed by atoms with Crippen LogP contribution in [0, 0.1) is 0 Å². The number of furan rings is 1. The molecule has 0 unspecified atom stereocenters. The van der Waals surface area contributed by atoms with Crippen LogP contribution in [0.5, 0.6) is 0 Å². The lowest BCUT2D eigenvalue weighted by Crippen LogP contribution is -2.13. The van der Waals surface area contributed by atoms with Crippen LogP contribution in [0.3, 0.4) is 0 Å². The van der Waals surface area contributed by atoms with E-state index in [9.17, 15) is 0 Å². The normalized spacial score (nSPS) is 11.5. The molecule has 268 valence electrons. The second kappa shape index (κ2) is 13.8. The smallest absolute Gasteiger partial charge is 0.135 e. The molecule has 2 heterocycles. The van der Waals surface area contributed by atoms with Crippen LogP contribution in [0.2, 0.25) is 0 Å². The molecule has 9 aromatic carbocycles. The van der Waals surface area contributed by atoms with Crippen LogP contribution in [0.25, 0.3) is 86.6 Å². The molecule has 0 saturated carbocycles. The first-order valence-corrected chi connectivity index (χ1v) is 20.1. The van der Waals surface area contributed by atoms with E-state index >= 15 is 0 Å². The van der Waals surface area contributed by atoms with Gasteiger partial charge in [-0.2, -0.15) is 0 Å². The molecule has 57 heavy (non-hydrogen) atoms. The van der Waals surface area contributed by atoms with Crippen molar-refractivity contribution < 1.29 is 4.42 Å². The first-order chi connectivity index (χ1) is 28.3. The molecule has 0 aliphatic carbocycles. The number of thiophene rings is 1. The lowest BCUT2D eigenvalue weighted by atomic mass is 9.90. The van der Waals surface area contributed by atoms with Crippen molar-refractivity contribution in [2.75, 3.05) is 4.90 Å². The zero-order valence-corrected chi connectivity index (χ0v) is 31.8. The van der Waals surface area contributed by atoms with E-state index in [1.807, 2.05) is 23.5 Å². The summed E-state index contributed by atoms with van der Waals surface area (Å²) in [5.41, 5.74) is 14.4. The summed E-state index contributed by atoms with van der Waals surface area (Å²) in [5, 5.41) is 4.75. The molecule has 11 aromatic rings. The fourth-order valence-electron chi connectivity index (χ4n) is 8.42. The van der Waals surface area contributed by atoms with E-state index in [0.717, 1.165) is 55.7 Å². The van der Waals surface area contributed by atoms with Crippen LogP contribution in [0.15, 0.2) is 217 Å². The summed E-state index contributed by atoms with van der Waals surface area (Å²) in [7, 11) is 0. The Morgan fingerprint density at radius 2 is 0.912 bits per heavy atom. The highest BCUT2D eigenvalue weighted by Gasteiger charge is 2.24. The average Bonchev–Trinajstić information content (AvgIpc) is 3.85. The highest BCUT2D eigenvalue weighted by atomic mass is 32.1. The van der Waals surface area contributed by atoms with Gasteiger partial charge in [0.25, 0.3) is 0 Å². The number of benzene rings is 9. The second-order valence-corrected chi connectivity index (χ2v) is 15.5. The lowest BCUT2D eigenvalue weighted by Gasteiger charge is -2.31. The summed E-state index contributed by atoms with van der Waals surface area (Å²) in [6.07, 6.45) is 0. The zero-order valence-electron chi connectivity index (χ0n) is 31.0. The van der Waals surface area contributed by atoms with Gasteiger partial charge in [0, 0.05) is 47.8 Å². The quantitative estimate of drug-likeness (QED) is 0.162. The van der Waals surface area contributed by atoms with Crippen molar-refractivity contribution >= 4 is 70.5 Å². The third kappa shape index (κ3) is 5.80. The minimum Gasteiger partial charge on any atom is -0.456 e. The van der Waals surface area contributed by atoms with E-state index in [1.165, 1.54) is 48.0 Å². The number of para-hydroxylation sites is 2. The fourth-order valence-corrected chi connectivity index (χ4v) is 9.50. The van der Waals surface area contributed by atoms with Gasteiger partial charge < -0.3 is 9.32 Å². The maximum atomic E-state index is 6.35. The molecule has 0 amide bonds. The summed E-state index contributed by atoms with van der Waals surface area (Å²) >= 11 is 1.85. The van der Waals surface area contributed by atoms with Crippen LogP contribution < -0.4 is 4.90 Å². The van der Waals surface area contributed by atoms with E-state index in [1.54, 1.807) is 0 Å². The molecule has 0 bridgehead atoms. The van der Waals surface area contributed by atoms with Crippen molar-refractivity contribution in [3.63, 3.8) is 0 Å². The Bertz CT molecular complexity index is 3230. The Morgan fingerprint density at radius 3 is 1.75 bits per heavy atom. The van der Waals surface area contributed by atoms with E-state index < -0.39 is 0 Å². The Hall–Kier alpha value is -7.20. The molecule has 3 heteroatoms. The van der Waals surface area contributed by atoms with Gasteiger partial charge in [-0.1, -0.05) is 158 Å². The minimum atomic E-state index is 0.874. The summed E-state index contributed by atoms with van der Waals surface area (Å²) in [6.45, 7) is 0. The molecular formula is C54H35NOS. The largest absolute Gasteiger partial charge is 0.456 e. The van der Waals surface area contributed by atoms with Crippen LogP contribution >= 0.6 is 11.3 Å². The van der Waals surface area contributed by atoms with Crippen molar-refractivity contribution in [1.29, 1.82) is 0 Å². The van der Waals surface area contributed by atoms with Crippen molar-refractivity contribution in [3.05, 3.63) is 212 Å². The third-order valence-electron chi connectivity index (χ3n) is 11.1. The SMILES string of the molecule is c1ccc(-c2ccc(-c3cccc(N(c4ccc5oc6ccccc6c5c4)c4ccccc4-c4ccccc4)c3-c3ccc4sc5ccccc5c4c3)cc2)cc1. The number of rotatable bonds is 7. The molecule has 0 N–H and O–H groups in total. The third-order valence-corrected chi connectivity index (χ3v) is 12.3. The summed E-state index contributed by atoms with van der Waals surface area (Å²) in [4.78, 5) is 2.46. The predicted molar refractivity (Wildman–Crippen MR) is 243 cm³/mol.